The first-order valence-electron chi connectivity index (χ1n) is 10.8. The van der Waals surface area contributed by atoms with E-state index in [1.165, 1.54) is 6.07 Å². The van der Waals surface area contributed by atoms with Gasteiger partial charge in [-0.1, -0.05) is 49.0 Å². The quantitative estimate of drug-likeness (QED) is 0.386. The molecule has 33 heavy (non-hydrogen) atoms. The lowest BCUT2D eigenvalue weighted by Gasteiger charge is -2.30. The van der Waals surface area contributed by atoms with E-state index in [-0.39, 0.29) is 18.3 Å². The first kappa shape index (κ1) is 23.0. The van der Waals surface area contributed by atoms with Crippen molar-refractivity contribution in [3.05, 3.63) is 60.4 Å². The van der Waals surface area contributed by atoms with Crippen LogP contribution < -0.4 is 0 Å². The van der Waals surface area contributed by atoms with Crippen LogP contribution in [-0.4, -0.2) is 57.0 Å². The fourth-order valence-corrected chi connectivity index (χ4v) is 4.55. The van der Waals surface area contributed by atoms with Crippen LogP contribution in [0, 0.1) is 11.7 Å². The molecule has 1 atom stereocenters. The SMILES string of the molecule is CC1CCCN(C(=O)COC(=O)CSc2nnc(-c3ccccc3F)n2-c2ccccc2)C1. The van der Waals surface area contributed by atoms with Gasteiger partial charge >= 0.3 is 5.97 Å². The number of para-hydroxylation sites is 1. The number of piperidine rings is 1. The number of nitrogens with zero attached hydrogens (tertiary/aromatic N) is 4. The number of ether oxygens (including phenoxy) is 1. The second kappa shape index (κ2) is 10.6. The molecule has 0 radical (unpaired) electrons. The monoisotopic (exact) mass is 468 g/mol. The summed E-state index contributed by atoms with van der Waals surface area (Å²) < 4.78 is 21.4. The van der Waals surface area contributed by atoms with Crippen molar-refractivity contribution in [1.29, 1.82) is 0 Å². The zero-order valence-electron chi connectivity index (χ0n) is 18.3. The Balaban J connectivity index is 1.44. The standard InChI is InChI=1S/C24H25FN4O3S/c1-17-8-7-13-28(14-17)21(30)15-32-22(31)16-33-24-27-26-23(19-11-5-6-12-20(19)25)29(24)18-9-3-2-4-10-18/h2-6,9-12,17H,7-8,13-16H2,1H3. The highest BCUT2D eigenvalue weighted by atomic mass is 32.2. The fraction of sp³-hybridized carbons (Fsp3) is 0.333. The number of rotatable bonds is 7. The summed E-state index contributed by atoms with van der Waals surface area (Å²) in [6.45, 7) is 3.25. The Morgan fingerprint density at radius 3 is 2.64 bits per heavy atom. The Morgan fingerprint density at radius 1 is 1.12 bits per heavy atom. The third-order valence-corrected chi connectivity index (χ3v) is 6.35. The van der Waals surface area contributed by atoms with Crippen LogP contribution in [0.5, 0.6) is 0 Å². The minimum Gasteiger partial charge on any atom is -0.455 e. The van der Waals surface area contributed by atoms with E-state index in [1.807, 2.05) is 30.3 Å². The number of carbonyl (C=O) groups excluding carboxylic acids is 2. The number of hydrogen-bond donors (Lipinski definition) is 0. The topological polar surface area (TPSA) is 77.3 Å². The van der Waals surface area contributed by atoms with Crippen molar-refractivity contribution >= 4 is 23.6 Å². The molecule has 1 saturated heterocycles. The summed E-state index contributed by atoms with van der Waals surface area (Å²) in [5, 5.41) is 8.79. The number of benzene rings is 2. The van der Waals surface area contributed by atoms with Crippen molar-refractivity contribution in [1.82, 2.24) is 19.7 Å². The van der Waals surface area contributed by atoms with Gasteiger partial charge in [0.15, 0.2) is 17.6 Å². The van der Waals surface area contributed by atoms with Crippen LogP contribution in [0.25, 0.3) is 17.1 Å². The van der Waals surface area contributed by atoms with Gasteiger partial charge in [-0.3, -0.25) is 14.2 Å². The highest BCUT2D eigenvalue weighted by Gasteiger charge is 2.23. The molecule has 4 rings (SSSR count). The van der Waals surface area contributed by atoms with Gasteiger partial charge in [-0.2, -0.15) is 0 Å². The van der Waals surface area contributed by atoms with Gasteiger partial charge in [0.25, 0.3) is 5.91 Å². The van der Waals surface area contributed by atoms with E-state index < -0.39 is 11.8 Å². The Morgan fingerprint density at radius 2 is 1.88 bits per heavy atom. The highest BCUT2D eigenvalue weighted by Crippen LogP contribution is 2.29. The minimum absolute atomic E-state index is 0.0497. The maximum Gasteiger partial charge on any atom is 0.316 e. The number of halogens is 1. The summed E-state index contributed by atoms with van der Waals surface area (Å²) in [5.41, 5.74) is 1.05. The lowest BCUT2D eigenvalue weighted by Crippen LogP contribution is -2.41. The predicted molar refractivity (Wildman–Crippen MR) is 123 cm³/mol. The van der Waals surface area contributed by atoms with E-state index in [0.717, 1.165) is 30.3 Å². The third kappa shape index (κ3) is 5.60. The van der Waals surface area contributed by atoms with Gasteiger partial charge in [0.05, 0.1) is 11.3 Å². The molecule has 0 bridgehead atoms. The molecule has 2 heterocycles. The van der Waals surface area contributed by atoms with Crippen LogP contribution in [0.2, 0.25) is 0 Å². The maximum atomic E-state index is 14.5. The molecule has 0 N–H and O–H groups in total. The Labute approximate surface area is 196 Å². The summed E-state index contributed by atoms with van der Waals surface area (Å²) in [6, 6.07) is 15.6. The van der Waals surface area contributed by atoms with Crippen molar-refractivity contribution in [2.24, 2.45) is 5.92 Å². The number of carbonyl (C=O) groups is 2. The molecule has 9 heteroatoms. The van der Waals surface area contributed by atoms with Gasteiger partial charge in [-0.15, -0.1) is 10.2 Å². The number of hydrogen-bond acceptors (Lipinski definition) is 6. The van der Waals surface area contributed by atoms with Crippen LogP contribution in [0.3, 0.4) is 0 Å². The molecule has 0 aliphatic carbocycles. The maximum absolute atomic E-state index is 14.5. The second-order valence-corrected chi connectivity index (χ2v) is 8.94. The smallest absolute Gasteiger partial charge is 0.316 e. The first-order chi connectivity index (χ1) is 16.0. The molecule has 2 aromatic carbocycles. The summed E-state index contributed by atoms with van der Waals surface area (Å²) in [5.74, 6) is -0.357. The molecule has 1 amide bonds. The van der Waals surface area contributed by atoms with E-state index in [9.17, 15) is 14.0 Å². The van der Waals surface area contributed by atoms with Crippen molar-refractivity contribution in [3.8, 4) is 17.1 Å². The van der Waals surface area contributed by atoms with Gasteiger partial charge in [0.1, 0.15) is 5.82 Å². The second-order valence-electron chi connectivity index (χ2n) is 7.99. The number of thioether (sulfide) groups is 1. The van der Waals surface area contributed by atoms with Gasteiger partial charge in [0.2, 0.25) is 0 Å². The summed E-state index contributed by atoms with van der Waals surface area (Å²) in [4.78, 5) is 26.4. The molecule has 1 aliphatic rings. The predicted octanol–water partition coefficient (Wildman–Crippen LogP) is 3.97. The number of likely N-dealkylation sites (tertiary alicyclic amines) is 1. The molecule has 1 aliphatic heterocycles. The van der Waals surface area contributed by atoms with Crippen molar-refractivity contribution in [2.75, 3.05) is 25.4 Å². The molecule has 3 aromatic rings. The molecule has 1 unspecified atom stereocenters. The lowest BCUT2D eigenvalue weighted by atomic mass is 10.0. The number of esters is 1. The molecule has 172 valence electrons. The van der Waals surface area contributed by atoms with Crippen LogP contribution in [0.1, 0.15) is 19.8 Å². The Bertz CT molecular complexity index is 1120. The van der Waals surface area contributed by atoms with E-state index in [4.69, 9.17) is 4.74 Å². The minimum atomic E-state index is -0.520. The van der Waals surface area contributed by atoms with Gasteiger partial charge in [0, 0.05) is 18.8 Å². The molecule has 1 fully saturated rings. The average Bonchev–Trinajstić information content (AvgIpc) is 3.25. The molecule has 7 nitrogen and oxygen atoms in total. The van der Waals surface area contributed by atoms with Crippen LogP contribution in [0.15, 0.2) is 59.8 Å². The van der Waals surface area contributed by atoms with E-state index in [1.54, 1.807) is 27.7 Å². The number of aromatic nitrogens is 3. The van der Waals surface area contributed by atoms with Gasteiger partial charge in [-0.25, -0.2) is 4.39 Å². The number of amides is 1. The molecule has 1 aromatic heterocycles. The van der Waals surface area contributed by atoms with Crippen molar-refractivity contribution in [3.63, 3.8) is 0 Å². The Hall–Kier alpha value is -3.20. The van der Waals surface area contributed by atoms with Crippen molar-refractivity contribution < 1.29 is 18.7 Å². The average molecular weight is 469 g/mol. The third-order valence-electron chi connectivity index (χ3n) is 5.45. The highest BCUT2D eigenvalue weighted by molar-refractivity contribution is 7.99. The first-order valence-corrected chi connectivity index (χ1v) is 11.8. The fourth-order valence-electron chi connectivity index (χ4n) is 3.80. The van der Waals surface area contributed by atoms with Crippen LogP contribution in [-0.2, 0) is 14.3 Å². The van der Waals surface area contributed by atoms with E-state index in [0.29, 0.717) is 35.6 Å². The summed E-state index contributed by atoms with van der Waals surface area (Å²) in [6.07, 6.45) is 2.08. The molecular formula is C24H25FN4O3S. The zero-order chi connectivity index (χ0) is 23.2. The van der Waals surface area contributed by atoms with Gasteiger partial charge < -0.3 is 9.64 Å². The molecular weight excluding hydrogens is 443 g/mol. The van der Waals surface area contributed by atoms with Crippen LogP contribution in [0.4, 0.5) is 4.39 Å². The lowest BCUT2D eigenvalue weighted by molar-refractivity contribution is -0.150. The zero-order valence-corrected chi connectivity index (χ0v) is 19.1. The van der Waals surface area contributed by atoms with E-state index in [2.05, 4.69) is 17.1 Å². The molecule has 0 saturated carbocycles. The normalized spacial score (nSPS) is 15.9. The Kier molecular flexibility index (Phi) is 7.39. The summed E-state index contributed by atoms with van der Waals surface area (Å²) >= 11 is 1.13. The van der Waals surface area contributed by atoms with E-state index >= 15 is 0 Å². The van der Waals surface area contributed by atoms with Crippen LogP contribution >= 0.6 is 11.8 Å². The van der Waals surface area contributed by atoms with Gasteiger partial charge in [-0.05, 0) is 43.0 Å². The summed E-state index contributed by atoms with van der Waals surface area (Å²) in [7, 11) is 0. The van der Waals surface area contributed by atoms with Crippen molar-refractivity contribution in [2.45, 2.75) is 24.9 Å². The molecule has 0 spiro atoms. The largest absolute Gasteiger partial charge is 0.455 e.